The Morgan fingerprint density at radius 2 is 2.05 bits per heavy atom. The lowest BCUT2D eigenvalue weighted by atomic mass is 10.4. The van der Waals surface area contributed by atoms with Crippen LogP contribution in [0.25, 0.3) is 0 Å². The van der Waals surface area contributed by atoms with Crippen molar-refractivity contribution >= 4 is 30.5 Å². The van der Waals surface area contributed by atoms with E-state index in [0.717, 1.165) is 40.5 Å². The fraction of sp³-hybridized carbons (Fsp3) is 0.846. The van der Waals surface area contributed by atoms with Gasteiger partial charge in [0.2, 0.25) is 14.9 Å². The van der Waals surface area contributed by atoms with E-state index < -0.39 is 9.04 Å². The Labute approximate surface area is 126 Å². The van der Waals surface area contributed by atoms with E-state index in [1.54, 1.807) is 12.0 Å². The molecule has 0 atom stereocenters. The van der Waals surface area contributed by atoms with E-state index in [9.17, 15) is 9.59 Å². The average Bonchev–Trinajstić information content (AvgIpc) is 2.71. The minimum absolute atomic E-state index is 0.0396. The lowest BCUT2D eigenvalue weighted by Crippen LogP contribution is -2.34. The van der Waals surface area contributed by atoms with Crippen LogP contribution in [0.15, 0.2) is 0 Å². The fourth-order valence-corrected chi connectivity index (χ4v) is 4.20. The van der Waals surface area contributed by atoms with Crippen molar-refractivity contribution in [1.29, 1.82) is 0 Å². The number of nitrogens with zero attached hydrogens (tertiary/aromatic N) is 2. The Kier molecular flexibility index (Phi) is 8.09. The first-order chi connectivity index (χ1) is 9.63. The van der Waals surface area contributed by atoms with Crippen LogP contribution < -0.4 is 0 Å². The summed E-state index contributed by atoms with van der Waals surface area (Å²) in [5, 5.41) is 0. The maximum atomic E-state index is 12.1. The van der Waals surface area contributed by atoms with Crippen LogP contribution in [0.4, 0.5) is 4.79 Å². The molecule has 3 radical (unpaired) electrons. The molecule has 113 valence electrons. The molecule has 0 saturated carbocycles. The van der Waals surface area contributed by atoms with E-state index in [1.807, 2.05) is 0 Å². The van der Waals surface area contributed by atoms with Crippen LogP contribution in [0.5, 0.6) is 0 Å². The molecule has 0 aromatic carbocycles. The molecule has 0 unspecified atom stereocenters. The van der Waals surface area contributed by atoms with Crippen LogP contribution in [0.1, 0.15) is 19.8 Å². The van der Waals surface area contributed by atoms with Crippen LogP contribution in [-0.4, -0.2) is 67.0 Å². The highest BCUT2D eigenvalue weighted by molar-refractivity contribution is 6.51. The Balaban J connectivity index is 2.34. The van der Waals surface area contributed by atoms with Crippen molar-refractivity contribution < 1.29 is 14.0 Å². The van der Waals surface area contributed by atoms with Gasteiger partial charge in [-0.2, -0.15) is 0 Å². The van der Waals surface area contributed by atoms with Crippen LogP contribution in [0.3, 0.4) is 0 Å². The van der Waals surface area contributed by atoms with Gasteiger partial charge in [-0.05, 0) is 24.9 Å². The van der Waals surface area contributed by atoms with Crippen LogP contribution >= 0.6 is 0 Å². The number of carbonyl (C=O) groups excluding carboxylic acids is 2. The fourth-order valence-electron chi connectivity index (χ4n) is 2.29. The van der Waals surface area contributed by atoms with Gasteiger partial charge in [0, 0.05) is 29.7 Å². The molecule has 1 aliphatic heterocycles. The van der Waals surface area contributed by atoms with Gasteiger partial charge in [0.1, 0.15) is 6.54 Å². The second-order valence-electron chi connectivity index (χ2n) is 4.91. The van der Waals surface area contributed by atoms with E-state index in [2.05, 4.69) is 13.5 Å². The highest BCUT2D eigenvalue weighted by atomic mass is 28.3. The SMILES string of the molecule is CC[Si](CCCN1CC(=O)N(CCC[Si]C)C1=O)OC. The molecule has 0 spiro atoms. The standard InChI is InChI=1S/C13H25N2O3Si2/c1-4-20(18-2)10-6-7-14-11-12(16)15(13(14)17)8-5-9-19-3/h4-11H2,1-3H3. The molecule has 1 heterocycles. The molecule has 1 saturated heterocycles. The molecular weight excluding hydrogens is 288 g/mol. The summed E-state index contributed by atoms with van der Waals surface area (Å²) in [5.74, 6) is -0.0396. The predicted molar refractivity (Wildman–Crippen MR) is 82.4 cm³/mol. The zero-order valence-electron chi connectivity index (χ0n) is 12.8. The number of carbonyl (C=O) groups is 2. The van der Waals surface area contributed by atoms with Gasteiger partial charge in [-0.1, -0.05) is 19.5 Å². The summed E-state index contributed by atoms with van der Waals surface area (Å²) in [4.78, 5) is 27.1. The normalized spacial score (nSPS) is 15.8. The summed E-state index contributed by atoms with van der Waals surface area (Å²) in [6.07, 6.45) is 1.85. The summed E-state index contributed by atoms with van der Waals surface area (Å²) >= 11 is 0. The third kappa shape index (κ3) is 5.03. The molecule has 0 N–H and O–H groups in total. The predicted octanol–water partition coefficient (Wildman–Crippen LogP) is 1.86. The molecular formula is C13H25N2O3Si2. The second kappa shape index (κ2) is 9.30. The Bertz CT molecular complexity index is 325. The first-order valence-electron chi connectivity index (χ1n) is 7.26. The number of hydrogen-bond acceptors (Lipinski definition) is 3. The van der Waals surface area contributed by atoms with Crippen molar-refractivity contribution in [1.82, 2.24) is 9.80 Å². The number of rotatable bonds is 10. The van der Waals surface area contributed by atoms with Crippen molar-refractivity contribution in [2.75, 3.05) is 26.7 Å². The molecule has 1 rings (SSSR count). The third-order valence-corrected chi connectivity index (χ3v) is 6.63. The summed E-state index contributed by atoms with van der Waals surface area (Å²) in [6.45, 7) is 5.79. The monoisotopic (exact) mass is 313 g/mol. The smallest absolute Gasteiger partial charge is 0.327 e. The van der Waals surface area contributed by atoms with Gasteiger partial charge in [0.05, 0.1) is 0 Å². The lowest BCUT2D eigenvalue weighted by molar-refractivity contribution is -0.125. The maximum absolute atomic E-state index is 12.1. The van der Waals surface area contributed by atoms with Crippen molar-refractivity contribution in [3.05, 3.63) is 0 Å². The van der Waals surface area contributed by atoms with Crippen LogP contribution in [0.2, 0.25) is 24.7 Å². The van der Waals surface area contributed by atoms with E-state index in [4.69, 9.17) is 4.43 Å². The Morgan fingerprint density at radius 1 is 1.30 bits per heavy atom. The summed E-state index contributed by atoms with van der Waals surface area (Å²) < 4.78 is 5.42. The minimum Gasteiger partial charge on any atom is -0.420 e. The van der Waals surface area contributed by atoms with Crippen LogP contribution in [0, 0.1) is 0 Å². The van der Waals surface area contributed by atoms with Gasteiger partial charge in [-0.3, -0.25) is 9.69 Å². The number of hydrogen-bond donors (Lipinski definition) is 0. The molecule has 20 heavy (non-hydrogen) atoms. The Hall–Kier alpha value is -0.666. The van der Waals surface area contributed by atoms with E-state index in [0.29, 0.717) is 13.1 Å². The van der Waals surface area contributed by atoms with Crippen molar-refractivity contribution in [2.45, 2.75) is 44.4 Å². The molecule has 0 aromatic rings. The largest absolute Gasteiger partial charge is 0.420 e. The number of amides is 3. The van der Waals surface area contributed by atoms with Gasteiger partial charge < -0.3 is 9.33 Å². The first-order valence-corrected chi connectivity index (χ1v) is 10.8. The molecule has 7 heteroatoms. The number of imide groups is 1. The van der Waals surface area contributed by atoms with Crippen molar-refractivity contribution in [3.63, 3.8) is 0 Å². The van der Waals surface area contributed by atoms with Gasteiger partial charge in [0.15, 0.2) is 0 Å². The van der Waals surface area contributed by atoms with E-state index in [-0.39, 0.29) is 18.5 Å². The van der Waals surface area contributed by atoms with Gasteiger partial charge in [-0.25, -0.2) is 4.79 Å². The van der Waals surface area contributed by atoms with Gasteiger partial charge in [0.25, 0.3) is 0 Å². The zero-order chi connectivity index (χ0) is 15.0. The van der Waals surface area contributed by atoms with Crippen molar-refractivity contribution in [2.24, 2.45) is 0 Å². The third-order valence-electron chi connectivity index (χ3n) is 3.50. The highest BCUT2D eigenvalue weighted by Crippen LogP contribution is 2.13. The summed E-state index contributed by atoms with van der Waals surface area (Å²) in [5.41, 5.74) is 0. The molecule has 0 bridgehead atoms. The molecule has 3 amide bonds. The maximum Gasteiger partial charge on any atom is 0.327 e. The second-order valence-corrected chi connectivity index (χ2v) is 8.81. The number of urea groups is 1. The lowest BCUT2D eigenvalue weighted by Gasteiger charge is -2.17. The van der Waals surface area contributed by atoms with E-state index in [1.165, 1.54) is 4.90 Å². The molecule has 1 aliphatic rings. The van der Waals surface area contributed by atoms with Crippen LogP contribution in [-0.2, 0) is 9.22 Å². The molecule has 0 aliphatic carbocycles. The first kappa shape index (κ1) is 17.4. The van der Waals surface area contributed by atoms with E-state index >= 15 is 0 Å². The van der Waals surface area contributed by atoms with Gasteiger partial charge in [-0.15, -0.1) is 0 Å². The Morgan fingerprint density at radius 3 is 2.65 bits per heavy atom. The molecule has 0 aromatic heterocycles. The highest BCUT2D eigenvalue weighted by Gasteiger charge is 2.34. The molecule has 5 nitrogen and oxygen atoms in total. The summed E-state index contributed by atoms with van der Waals surface area (Å²) in [7, 11) is 1.93. The average molecular weight is 314 g/mol. The quantitative estimate of drug-likeness (QED) is 0.351. The van der Waals surface area contributed by atoms with Crippen molar-refractivity contribution in [3.8, 4) is 0 Å². The zero-order valence-corrected chi connectivity index (χ0v) is 14.8. The van der Waals surface area contributed by atoms with Gasteiger partial charge >= 0.3 is 6.03 Å². The molecule has 1 fully saturated rings. The minimum atomic E-state index is -0.711. The topological polar surface area (TPSA) is 49.9 Å². The summed E-state index contributed by atoms with van der Waals surface area (Å²) in [6, 6.07) is 3.11.